The lowest BCUT2D eigenvalue weighted by Crippen LogP contribution is -2.63. The maximum atomic E-state index is 13.9. The number of guanidine groups is 1. The standard InChI is InChI=1S/C44H79N13O16/c1-20(2)14-26(50-34(63)24-10-8-12-47-24)36(65)52-28(16-58)38(67)49-25(11-9-13-48-44(45)46)35(64)57-33(23(7)62)42(71)51-27(15-21(3)4)37(66)53-30(18-60)40(69)56-32(22(5)6)41(70)54-29(17-59)39(68)55-31(19-61)43(72)73/h20-33,47,58-62H,8-19H2,1-7H3,(H,49,67)(H,50,63)(H,51,71)(H,52,65)(H,53,66)(H,54,70)(H,55,68)(H,56,69)(H,57,64)(H,72,73)(H4,45,46,48)/t23-,24+,25+,26+,27+,28+,29+,30+,31+,32+,33+/m1/s1. The molecule has 9 amide bonds. The number of amides is 9. The van der Waals surface area contributed by atoms with E-state index in [4.69, 9.17) is 16.6 Å². The lowest BCUT2D eigenvalue weighted by Gasteiger charge is -2.29. The van der Waals surface area contributed by atoms with Gasteiger partial charge in [-0.3, -0.25) is 48.1 Å². The number of carbonyl (C=O) groups is 10. The maximum absolute atomic E-state index is 13.9. The smallest absolute Gasteiger partial charge is 0.328 e. The summed E-state index contributed by atoms with van der Waals surface area (Å²) < 4.78 is 0. The van der Waals surface area contributed by atoms with Gasteiger partial charge in [-0.2, -0.15) is 0 Å². The molecule has 11 atom stereocenters. The first-order valence-electron chi connectivity index (χ1n) is 24.1. The molecule has 0 aromatic heterocycles. The first-order valence-corrected chi connectivity index (χ1v) is 24.1. The molecule has 1 rings (SSSR count). The van der Waals surface area contributed by atoms with Gasteiger partial charge in [-0.05, 0) is 69.7 Å². The molecule has 73 heavy (non-hydrogen) atoms. The van der Waals surface area contributed by atoms with Crippen molar-refractivity contribution in [3.63, 3.8) is 0 Å². The minimum absolute atomic E-state index is 0.0232. The first kappa shape index (κ1) is 64.7. The molecule has 0 aliphatic carbocycles. The third-order valence-electron chi connectivity index (χ3n) is 11.2. The van der Waals surface area contributed by atoms with Crippen molar-refractivity contribution >= 4 is 65.1 Å². The lowest BCUT2D eigenvalue weighted by molar-refractivity contribution is -0.143. The Kier molecular flexibility index (Phi) is 29.0. The Balaban J connectivity index is 3.30. The van der Waals surface area contributed by atoms with Gasteiger partial charge in [0.25, 0.3) is 0 Å². The topological polar surface area (TPSA) is 477 Å². The van der Waals surface area contributed by atoms with Crippen LogP contribution in [0.1, 0.15) is 87.0 Å². The molecule has 1 saturated heterocycles. The van der Waals surface area contributed by atoms with Crippen molar-refractivity contribution in [1.29, 1.82) is 0 Å². The van der Waals surface area contributed by atoms with Crippen molar-refractivity contribution in [3.05, 3.63) is 0 Å². The van der Waals surface area contributed by atoms with Crippen molar-refractivity contribution in [2.45, 2.75) is 154 Å². The zero-order valence-corrected chi connectivity index (χ0v) is 42.4. The number of nitrogens with zero attached hydrogens (tertiary/aromatic N) is 1. The van der Waals surface area contributed by atoms with Crippen LogP contribution in [-0.2, 0) is 47.9 Å². The van der Waals surface area contributed by atoms with E-state index < -0.39 is 158 Å². The van der Waals surface area contributed by atoms with E-state index in [1.165, 1.54) is 13.8 Å². The number of aliphatic hydroxyl groups excluding tert-OH is 5. The zero-order chi connectivity index (χ0) is 55.7. The van der Waals surface area contributed by atoms with E-state index in [0.29, 0.717) is 13.0 Å². The molecule has 0 aromatic rings. The molecule has 20 N–H and O–H groups in total. The fraction of sp³-hybridized carbons (Fsp3) is 0.750. The van der Waals surface area contributed by atoms with Crippen LogP contribution in [0.25, 0.3) is 0 Å². The molecule has 0 unspecified atom stereocenters. The van der Waals surface area contributed by atoms with Gasteiger partial charge in [-0.1, -0.05) is 41.5 Å². The number of rotatable bonds is 33. The van der Waals surface area contributed by atoms with Gasteiger partial charge in [-0.15, -0.1) is 0 Å². The summed E-state index contributed by atoms with van der Waals surface area (Å²) in [5.74, 6) is -11.7. The molecular weight excluding hydrogens is 967 g/mol. The Morgan fingerprint density at radius 2 is 0.918 bits per heavy atom. The molecule has 1 fully saturated rings. The Morgan fingerprint density at radius 3 is 1.33 bits per heavy atom. The summed E-state index contributed by atoms with van der Waals surface area (Å²) >= 11 is 0. The highest BCUT2D eigenvalue weighted by atomic mass is 16.4. The van der Waals surface area contributed by atoms with Crippen LogP contribution in [0.2, 0.25) is 0 Å². The predicted molar refractivity (Wildman–Crippen MR) is 260 cm³/mol. The SMILES string of the molecule is CC(C)C[C@H](NC(=O)[C@@H]1CCCN1)C(=O)N[C@@H](CO)C(=O)N[C@@H](CCCN=C(N)N)C(=O)N[C@H](C(=O)N[C@@H](CC(C)C)C(=O)N[C@@H](CO)C(=O)N[C@H](C(=O)N[C@@H](CO)C(=O)N[C@@H](CO)C(=O)O)C(C)C)[C@@H](C)O. The number of carboxylic acids is 1. The van der Waals surface area contributed by atoms with Gasteiger partial charge in [0.05, 0.1) is 38.6 Å². The van der Waals surface area contributed by atoms with Crippen LogP contribution < -0.4 is 64.6 Å². The highest BCUT2D eigenvalue weighted by Crippen LogP contribution is 2.12. The van der Waals surface area contributed by atoms with Crippen LogP contribution in [0, 0.1) is 17.8 Å². The van der Waals surface area contributed by atoms with Crippen molar-refractivity contribution in [1.82, 2.24) is 53.2 Å². The summed E-state index contributed by atoms with van der Waals surface area (Å²) in [6, 6.07) is -14.8. The second kappa shape index (κ2) is 32.7. The molecule has 1 aliphatic rings. The highest BCUT2D eigenvalue weighted by molar-refractivity contribution is 5.98. The number of aliphatic imine (C=N–C) groups is 1. The number of hydrogen-bond donors (Lipinski definition) is 18. The van der Waals surface area contributed by atoms with Crippen molar-refractivity contribution in [2.75, 3.05) is 39.5 Å². The van der Waals surface area contributed by atoms with Gasteiger partial charge >= 0.3 is 5.97 Å². The number of aliphatic hydroxyl groups is 5. The molecule has 416 valence electrons. The third kappa shape index (κ3) is 23.0. The van der Waals surface area contributed by atoms with Crippen LogP contribution in [0.5, 0.6) is 0 Å². The van der Waals surface area contributed by atoms with E-state index in [2.05, 4.69) is 52.8 Å². The minimum atomic E-state index is -1.80. The summed E-state index contributed by atoms with van der Waals surface area (Å²) in [6.07, 6.45) is -0.363. The Hall–Kier alpha value is -6.27. The zero-order valence-electron chi connectivity index (χ0n) is 42.4. The van der Waals surface area contributed by atoms with Crippen LogP contribution in [0.4, 0.5) is 0 Å². The molecular formula is C44H79N13O16. The second-order valence-corrected chi connectivity index (χ2v) is 18.8. The lowest BCUT2D eigenvalue weighted by atomic mass is 10.0. The molecule has 29 heteroatoms. The van der Waals surface area contributed by atoms with Crippen molar-refractivity contribution in [2.24, 2.45) is 34.2 Å². The Bertz CT molecular complexity index is 1900. The van der Waals surface area contributed by atoms with Gasteiger partial charge in [0.15, 0.2) is 5.96 Å². The maximum Gasteiger partial charge on any atom is 0.328 e. The minimum Gasteiger partial charge on any atom is -0.480 e. The third-order valence-corrected chi connectivity index (χ3v) is 11.2. The van der Waals surface area contributed by atoms with E-state index in [1.54, 1.807) is 13.8 Å². The van der Waals surface area contributed by atoms with Gasteiger partial charge in [-0.25, -0.2) is 4.79 Å². The van der Waals surface area contributed by atoms with E-state index in [9.17, 15) is 73.5 Å². The molecule has 1 heterocycles. The normalized spacial score (nSPS) is 17.4. The number of nitrogens with two attached hydrogens (primary N) is 2. The summed E-state index contributed by atoms with van der Waals surface area (Å²) in [6.45, 7) is 7.73. The van der Waals surface area contributed by atoms with Gasteiger partial charge in [0.1, 0.15) is 54.4 Å². The van der Waals surface area contributed by atoms with Crippen LogP contribution in [0.3, 0.4) is 0 Å². The molecule has 0 radical (unpaired) electrons. The van der Waals surface area contributed by atoms with E-state index in [0.717, 1.165) is 13.3 Å². The largest absolute Gasteiger partial charge is 0.480 e. The fourth-order valence-corrected chi connectivity index (χ4v) is 7.19. The average molecular weight is 1050 g/mol. The summed E-state index contributed by atoms with van der Waals surface area (Å²) in [4.78, 5) is 136. The van der Waals surface area contributed by atoms with Crippen molar-refractivity contribution in [3.8, 4) is 0 Å². The second-order valence-electron chi connectivity index (χ2n) is 18.8. The van der Waals surface area contributed by atoms with Gasteiger partial charge in [0.2, 0.25) is 53.2 Å². The van der Waals surface area contributed by atoms with E-state index >= 15 is 0 Å². The highest BCUT2D eigenvalue weighted by Gasteiger charge is 2.37. The molecule has 0 saturated carbocycles. The number of nitrogens with one attached hydrogen (secondary N) is 10. The summed E-state index contributed by atoms with van der Waals surface area (Å²) in [5, 5.41) is 83.4. The van der Waals surface area contributed by atoms with Crippen LogP contribution in [-0.4, -0.2) is 202 Å². The monoisotopic (exact) mass is 1050 g/mol. The quantitative estimate of drug-likeness (QED) is 0.0165. The number of carbonyl (C=O) groups excluding carboxylic acids is 9. The fourth-order valence-electron chi connectivity index (χ4n) is 7.19. The molecule has 0 bridgehead atoms. The van der Waals surface area contributed by atoms with Gasteiger partial charge in [0, 0.05) is 6.54 Å². The number of aliphatic carboxylic acids is 1. The molecule has 29 nitrogen and oxygen atoms in total. The van der Waals surface area contributed by atoms with Gasteiger partial charge < -0.3 is 95.3 Å². The van der Waals surface area contributed by atoms with Crippen molar-refractivity contribution < 1.29 is 78.6 Å². The number of carboxylic acid groups (broad SMARTS) is 1. The summed E-state index contributed by atoms with van der Waals surface area (Å²) in [7, 11) is 0. The average Bonchev–Trinajstić information content (AvgIpc) is 3.86. The Morgan fingerprint density at radius 1 is 0.534 bits per heavy atom. The summed E-state index contributed by atoms with van der Waals surface area (Å²) in [5.41, 5.74) is 10.9. The Labute approximate surface area is 423 Å². The molecule has 0 spiro atoms. The predicted octanol–water partition coefficient (Wildman–Crippen LogP) is -7.66. The number of hydrogen-bond acceptors (Lipinski definition) is 17. The molecule has 0 aromatic carbocycles. The van der Waals surface area contributed by atoms with Crippen LogP contribution in [0.15, 0.2) is 4.99 Å². The van der Waals surface area contributed by atoms with Crippen LogP contribution >= 0.6 is 0 Å². The first-order chi connectivity index (χ1) is 34.2. The van der Waals surface area contributed by atoms with E-state index in [-0.39, 0.29) is 50.0 Å². The molecule has 1 aliphatic heterocycles. The van der Waals surface area contributed by atoms with E-state index in [1.807, 2.05) is 19.2 Å².